The molecule has 0 spiro atoms. The van der Waals surface area contributed by atoms with E-state index in [0.717, 1.165) is 12.3 Å². The van der Waals surface area contributed by atoms with Crippen LogP contribution in [0.4, 0.5) is 0 Å². The Kier molecular flexibility index (Phi) is 4.80. The Hall–Kier alpha value is -1.55. The number of carbonyl (C=O) groups excluding carboxylic acids is 1. The van der Waals surface area contributed by atoms with Crippen molar-refractivity contribution < 1.29 is 9.53 Å². The fourth-order valence-corrected chi connectivity index (χ4v) is 2.14. The minimum absolute atomic E-state index is 0.0426. The van der Waals surface area contributed by atoms with Gasteiger partial charge in [0, 0.05) is 17.6 Å². The first kappa shape index (κ1) is 13.9. The number of hydrogen-bond donors (Lipinski definition) is 2. The van der Waals surface area contributed by atoms with Crippen molar-refractivity contribution in [3.8, 4) is 5.75 Å². The molecule has 1 aliphatic heterocycles. The van der Waals surface area contributed by atoms with E-state index in [0.29, 0.717) is 18.2 Å². The average Bonchev–Trinajstić information content (AvgIpc) is 2.89. The summed E-state index contributed by atoms with van der Waals surface area (Å²) >= 11 is 0. The van der Waals surface area contributed by atoms with Gasteiger partial charge in [-0.2, -0.15) is 0 Å². The molecule has 1 amide bonds. The summed E-state index contributed by atoms with van der Waals surface area (Å²) in [5.41, 5.74) is 0.667. The highest BCUT2D eigenvalue weighted by Gasteiger charge is 2.14. The highest BCUT2D eigenvalue weighted by molar-refractivity contribution is 5.94. The lowest BCUT2D eigenvalue weighted by Gasteiger charge is -2.12. The fourth-order valence-electron chi connectivity index (χ4n) is 2.14. The fraction of sp³-hybridized carbons (Fsp3) is 0.533. The van der Waals surface area contributed by atoms with E-state index in [1.54, 1.807) is 12.1 Å². The summed E-state index contributed by atoms with van der Waals surface area (Å²) in [6.45, 7) is 5.67. The lowest BCUT2D eigenvalue weighted by atomic mass is 10.2. The van der Waals surface area contributed by atoms with E-state index in [1.807, 2.05) is 26.0 Å². The summed E-state index contributed by atoms with van der Waals surface area (Å²) in [5.74, 6) is 0.772. The average molecular weight is 262 g/mol. The predicted molar refractivity (Wildman–Crippen MR) is 75.6 cm³/mol. The Morgan fingerprint density at radius 1 is 1.42 bits per heavy atom. The zero-order valence-corrected chi connectivity index (χ0v) is 11.6. The molecule has 1 aliphatic rings. The minimum Gasteiger partial charge on any atom is -0.492 e. The van der Waals surface area contributed by atoms with Gasteiger partial charge >= 0.3 is 0 Å². The molecule has 4 nitrogen and oxygen atoms in total. The molecule has 1 aromatic carbocycles. The Labute approximate surface area is 114 Å². The molecule has 0 aliphatic carbocycles. The van der Waals surface area contributed by atoms with E-state index in [-0.39, 0.29) is 11.9 Å². The molecule has 1 atom stereocenters. The van der Waals surface area contributed by atoms with Gasteiger partial charge in [0.15, 0.2) is 0 Å². The van der Waals surface area contributed by atoms with Crippen molar-refractivity contribution in [2.24, 2.45) is 0 Å². The van der Waals surface area contributed by atoms with Gasteiger partial charge in [-0.1, -0.05) is 0 Å². The number of carbonyl (C=O) groups is 1. The van der Waals surface area contributed by atoms with E-state index in [9.17, 15) is 4.79 Å². The number of amides is 1. The molecule has 0 radical (unpaired) electrons. The molecule has 1 heterocycles. The number of rotatable bonds is 5. The molecule has 1 saturated heterocycles. The molecular formula is C15H22N2O2. The topological polar surface area (TPSA) is 50.4 Å². The van der Waals surface area contributed by atoms with Gasteiger partial charge in [0.1, 0.15) is 12.4 Å². The van der Waals surface area contributed by atoms with Crippen LogP contribution >= 0.6 is 0 Å². The van der Waals surface area contributed by atoms with Gasteiger partial charge in [0.05, 0.1) is 0 Å². The standard InChI is InChI=1S/C15H22N2O2/c1-11(2)17-15(18)12-5-7-14(8-6-12)19-10-13-4-3-9-16-13/h5-8,11,13,16H,3-4,9-10H2,1-2H3,(H,17,18)/t13-/m0/s1. The lowest BCUT2D eigenvalue weighted by molar-refractivity contribution is 0.0943. The van der Waals surface area contributed by atoms with Gasteiger partial charge in [-0.15, -0.1) is 0 Å². The molecule has 1 fully saturated rings. The normalized spacial score (nSPS) is 18.6. The summed E-state index contributed by atoms with van der Waals surface area (Å²) in [6, 6.07) is 7.92. The second-order valence-corrected chi connectivity index (χ2v) is 5.26. The van der Waals surface area contributed by atoms with E-state index in [1.165, 1.54) is 12.8 Å². The van der Waals surface area contributed by atoms with Crippen LogP contribution in [0.3, 0.4) is 0 Å². The summed E-state index contributed by atoms with van der Waals surface area (Å²) in [4.78, 5) is 11.8. The summed E-state index contributed by atoms with van der Waals surface area (Å²) in [6.07, 6.45) is 2.40. The van der Waals surface area contributed by atoms with Crippen molar-refractivity contribution in [2.45, 2.75) is 38.8 Å². The molecule has 19 heavy (non-hydrogen) atoms. The highest BCUT2D eigenvalue weighted by atomic mass is 16.5. The van der Waals surface area contributed by atoms with Crippen LogP contribution in [0.1, 0.15) is 37.0 Å². The summed E-state index contributed by atoms with van der Waals surface area (Å²) in [5, 5.41) is 6.25. The maximum atomic E-state index is 11.8. The summed E-state index contributed by atoms with van der Waals surface area (Å²) in [7, 11) is 0. The van der Waals surface area contributed by atoms with Gasteiger partial charge in [-0.3, -0.25) is 4.79 Å². The summed E-state index contributed by atoms with van der Waals surface area (Å²) < 4.78 is 5.71. The Morgan fingerprint density at radius 2 is 2.16 bits per heavy atom. The highest BCUT2D eigenvalue weighted by Crippen LogP contribution is 2.14. The van der Waals surface area contributed by atoms with Crippen LogP contribution in [0.2, 0.25) is 0 Å². The smallest absolute Gasteiger partial charge is 0.251 e. The zero-order chi connectivity index (χ0) is 13.7. The van der Waals surface area contributed by atoms with Crippen molar-refractivity contribution in [3.05, 3.63) is 29.8 Å². The van der Waals surface area contributed by atoms with Crippen LogP contribution in [0, 0.1) is 0 Å². The van der Waals surface area contributed by atoms with Crippen LogP contribution < -0.4 is 15.4 Å². The lowest BCUT2D eigenvalue weighted by Crippen LogP contribution is -2.30. The van der Waals surface area contributed by atoms with Crippen LogP contribution in [-0.2, 0) is 0 Å². The van der Waals surface area contributed by atoms with Gasteiger partial charge < -0.3 is 15.4 Å². The molecule has 2 N–H and O–H groups in total. The van der Waals surface area contributed by atoms with Crippen LogP contribution in [0.25, 0.3) is 0 Å². The molecule has 0 bridgehead atoms. The van der Waals surface area contributed by atoms with Crippen molar-refractivity contribution in [1.29, 1.82) is 0 Å². The molecular weight excluding hydrogens is 240 g/mol. The largest absolute Gasteiger partial charge is 0.492 e. The zero-order valence-electron chi connectivity index (χ0n) is 11.6. The third-order valence-electron chi connectivity index (χ3n) is 3.15. The third kappa shape index (κ3) is 4.24. The van der Waals surface area contributed by atoms with Gasteiger partial charge in [-0.25, -0.2) is 0 Å². The maximum absolute atomic E-state index is 11.8. The van der Waals surface area contributed by atoms with Crippen molar-refractivity contribution in [2.75, 3.05) is 13.2 Å². The first-order valence-electron chi connectivity index (χ1n) is 6.92. The molecule has 0 aromatic heterocycles. The van der Waals surface area contributed by atoms with Crippen molar-refractivity contribution >= 4 is 5.91 Å². The minimum atomic E-state index is -0.0426. The number of hydrogen-bond acceptors (Lipinski definition) is 3. The molecule has 2 rings (SSSR count). The number of ether oxygens (including phenoxy) is 1. The first-order chi connectivity index (χ1) is 9.15. The van der Waals surface area contributed by atoms with Gasteiger partial charge in [0.25, 0.3) is 5.91 Å². The van der Waals surface area contributed by atoms with Crippen molar-refractivity contribution in [3.63, 3.8) is 0 Å². The van der Waals surface area contributed by atoms with Gasteiger partial charge in [-0.05, 0) is 57.5 Å². The molecule has 0 saturated carbocycles. The Balaban J connectivity index is 1.85. The predicted octanol–water partition coefficient (Wildman–Crippen LogP) is 1.96. The second kappa shape index (κ2) is 6.57. The molecule has 4 heteroatoms. The molecule has 0 unspecified atom stereocenters. The van der Waals surface area contributed by atoms with Gasteiger partial charge in [0.2, 0.25) is 0 Å². The van der Waals surface area contributed by atoms with Crippen LogP contribution in [0.5, 0.6) is 5.75 Å². The Bertz CT molecular complexity index is 409. The number of benzene rings is 1. The maximum Gasteiger partial charge on any atom is 0.251 e. The number of nitrogens with one attached hydrogen (secondary N) is 2. The molecule has 1 aromatic rings. The second-order valence-electron chi connectivity index (χ2n) is 5.26. The van der Waals surface area contributed by atoms with E-state index >= 15 is 0 Å². The van der Waals surface area contributed by atoms with E-state index in [4.69, 9.17) is 4.74 Å². The SMILES string of the molecule is CC(C)NC(=O)c1ccc(OC[C@@H]2CCCN2)cc1. The van der Waals surface area contributed by atoms with Crippen LogP contribution in [0.15, 0.2) is 24.3 Å². The monoisotopic (exact) mass is 262 g/mol. The quantitative estimate of drug-likeness (QED) is 0.853. The van der Waals surface area contributed by atoms with E-state index in [2.05, 4.69) is 10.6 Å². The van der Waals surface area contributed by atoms with Crippen molar-refractivity contribution in [1.82, 2.24) is 10.6 Å². The Morgan fingerprint density at radius 3 is 2.74 bits per heavy atom. The first-order valence-corrected chi connectivity index (χ1v) is 6.92. The van der Waals surface area contributed by atoms with E-state index < -0.39 is 0 Å². The molecule has 104 valence electrons. The third-order valence-corrected chi connectivity index (χ3v) is 3.15. The van der Waals surface area contributed by atoms with Crippen LogP contribution in [-0.4, -0.2) is 31.1 Å².